The standard InChI is InChI=1S/C9H13N3O2/c1-9(10,6-2-3-6)8(13)12-7-4-11-14-5-7/h4-6H,2-3,10H2,1H3,(H,12,13). The molecule has 0 bridgehead atoms. The Morgan fingerprint density at radius 1 is 1.79 bits per heavy atom. The second kappa shape index (κ2) is 3.09. The molecule has 1 fully saturated rings. The zero-order valence-corrected chi connectivity index (χ0v) is 7.99. The third kappa shape index (κ3) is 1.63. The number of nitrogens with two attached hydrogens (primary N) is 1. The smallest absolute Gasteiger partial charge is 0.244 e. The molecular weight excluding hydrogens is 182 g/mol. The molecule has 1 amide bonds. The lowest BCUT2D eigenvalue weighted by molar-refractivity contribution is -0.121. The van der Waals surface area contributed by atoms with Crippen molar-refractivity contribution in [2.45, 2.75) is 25.3 Å². The van der Waals surface area contributed by atoms with E-state index in [0.29, 0.717) is 11.6 Å². The van der Waals surface area contributed by atoms with Crippen molar-refractivity contribution >= 4 is 11.6 Å². The first-order valence-corrected chi connectivity index (χ1v) is 4.60. The zero-order chi connectivity index (χ0) is 10.2. The van der Waals surface area contributed by atoms with Crippen LogP contribution in [0.25, 0.3) is 0 Å². The molecule has 14 heavy (non-hydrogen) atoms. The zero-order valence-electron chi connectivity index (χ0n) is 7.99. The van der Waals surface area contributed by atoms with E-state index < -0.39 is 5.54 Å². The number of carbonyl (C=O) groups is 1. The van der Waals surface area contributed by atoms with Crippen LogP contribution in [0.4, 0.5) is 5.69 Å². The number of anilines is 1. The Morgan fingerprint density at radius 2 is 2.50 bits per heavy atom. The fourth-order valence-electron chi connectivity index (χ4n) is 1.40. The SMILES string of the molecule is CC(N)(C(=O)Nc1cnoc1)C1CC1. The monoisotopic (exact) mass is 195 g/mol. The predicted octanol–water partition coefficient (Wildman–Crippen LogP) is 0.740. The van der Waals surface area contributed by atoms with Crippen molar-refractivity contribution in [3.8, 4) is 0 Å². The van der Waals surface area contributed by atoms with E-state index in [-0.39, 0.29) is 5.91 Å². The Morgan fingerprint density at radius 3 is 3.00 bits per heavy atom. The summed E-state index contributed by atoms with van der Waals surface area (Å²) in [5.74, 6) is 0.130. The highest BCUT2D eigenvalue weighted by atomic mass is 16.5. The van der Waals surface area contributed by atoms with Crippen molar-refractivity contribution in [2.24, 2.45) is 11.7 Å². The van der Waals surface area contributed by atoms with Gasteiger partial charge in [-0.1, -0.05) is 5.16 Å². The minimum Gasteiger partial charge on any atom is -0.363 e. The van der Waals surface area contributed by atoms with Gasteiger partial charge in [-0.2, -0.15) is 0 Å². The number of amides is 1. The highest BCUT2D eigenvalue weighted by Gasteiger charge is 2.44. The molecular formula is C9H13N3O2. The lowest BCUT2D eigenvalue weighted by Crippen LogP contribution is -2.50. The van der Waals surface area contributed by atoms with Gasteiger partial charge >= 0.3 is 0 Å². The van der Waals surface area contributed by atoms with Gasteiger partial charge in [-0.25, -0.2) is 0 Å². The van der Waals surface area contributed by atoms with Gasteiger partial charge < -0.3 is 15.6 Å². The first kappa shape index (κ1) is 9.21. The number of aromatic nitrogens is 1. The van der Waals surface area contributed by atoms with Gasteiger partial charge in [0, 0.05) is 0 Å². The Kier molecular flexibility index (Phi) is 2.03. The van der Waals surface area contributed by atoms with Crippen LogP contribution >= 0.6 is 0 Å². The highest BCUT2D eigenvalue weighted by molar-refractivity contribution is 5.97. The lowest BCUT2D eigenvalue weighted by atomic mass is 9.96. The summed E-state index contributed by atoms with van der Waals surface area (Å²) in [5, 5.41) is 6.15. The first-order chi connectivity index (χ1) is 6.60. The number of hydrogen-bond acceptors (Lipinski definition) is 4. The summed E-state index contributed by atoms with van der Waals surface area (Å²) in [7, 11) is 0. The summed E-state index contributed by atoms with van der Waals surface area (Å²) >= 11 is 0. The van der Waals surface area contributed by atoms with Crippen LogP contribution in [-0.2, 0) is 4.79 Å². The van der Waals surface area contributed by atoms with Crippen molar-refractivity contribution < 1.29 is 9.32 Å². The molecule has 5 heteroatoms. The summed E-state index contributed by atoms with van der Waals surface area (Å²) in [6, 6.07) is 0. The molecule has 0 spiro atoms. The van der Waals surface area contributed by atoms with Crippen LogP contribution in [0.15, 0.2) is 17.0 Å². The van der Waals surface area contributed by atoms with Gasteiger partial charge in [0.15, 0.2) is 0 Å². The summed E-state index contributed by atoms with van der Waals surface area (Å²) in [6.45, 7) is 1.76. The molecule has 0 radical (unpaired) electrons. The van der Waals surface area contributed by atoms with E-state index in [1.165, 1.54) is 12.5 Å². The summed E-state index contributed by atoms with van der Waals surface area (Å²) < 4.78 is 4.60. The van der Waals surface area contributed by atoms with Crippen molar-refractivity contribution in [1.82, 2.24) is 5.16 Å². The van der Waals surface area contributed by atoms with Crippen LogP contribution in [0.1, 0.15) is 19.8 Å². The molecule has 1 aromatic rings. The van der Waals surface area contributed by atoms with Gasteiger partial charge in [0.25, 0.3) is 0 Å². The lowest BCUT2D eigenvalue weighted by Gasteiger charge is -2.22. The molecule has 1 atom stereocenters. The Balaban J connectivity index is 2.01. The number of hydrogen-bond donors (Lipinski definition) is 2. The molecule has 1 aliphatic carbocycles. The van der Waals surface area contributed by atoms with Crippen molar-refractivity contribution in [3.63, 3.8) is 0 Å². The van der Waals surface area contributed by atoms with Gasteiger partial charge in [0.2, 0.25) is 5.91 Å². The van der Waals surface area contributed by atoms with Gasteiger partial charge in [-0.05, 0) is 25.7 Å². The predicted molar refractivity (Wildman–Crippen MR) is 50.4 cm³/mol. The molecule has 0 aliphatic heterocycles. The fourth-order valence-corrected chi connectivity index (χ4v) is 1.40. The maximum absolute atomic E-state index is 11.7. The van der Waals surface area contributed by atoms with Gasteiger partial charge in [-0.3, -0.25) is 4.79 Å². The first-order valence-electron chi connectivity index (χ1n) is 4.60. The van der Waals surface area contributed by atoms with E-state index in [4.69, 9.17) is 5.73 Å². The molecule has 0 saturated heterocycles. The van der Waals surface area contributed by atoms with E-state index in [1.54, 1.807) is 6.92 Å². The Bertz CT molecular complexity index is 328. The number of nitrogens with one attached hydrogen (secondary N) is 1. The van der Waals surface area contributed by atoms with Crippen LogP contribution < -0.4 is 11.1 Å². The van der Waals surface area contributed by atoms with Crippen LogP contribution in [0.5, 0.6) is 0 Å². The fraction of sp³-hybridized carbons (Fsp3) is 0.556. The molecule has 3 N–H and O–H groups in total. The maximum Gasteiger partial charge on any atom is 0.244 e. The number of rotatable bonds is 3. The van der Waals surface area contributed by atoms with Gasteiger partial charge in [-0.15, -0.1) is 0 Å². The van der Waals surface area contributed by atoms with Crippen molar-refractivity contribution in [3.05, 3.63) is 12.5 Å². The van der Waals surface area contributed by atoms with E-state index in [9.17, 15) is 4.79 Å². The van der Waals surface area contributed by atoms with Crippen molar-refractivity contribution in [2.75, 3.05) is 5.32 Å². The summed E-state index contributed by atoms with van der Waals surface area (Å²) in [6.07, 6.45) is 4.88. The third-order valence-corrected chi connectivity index (χ3v) is 2.60. The second-order valence-electron chi connectivity index (χ2n) is 3.92. The van der Waals surface area contributed by atoms with Crippen LogP contribution in [0, 0.1) is 5.92 Å². The van der Waals surface area contributed by atoms with E-state index >= 15 is 0 Å². The molecule has 2 rings (SSSR count). The Hall–Kier alpha value is -1.36. The highest BCUT2D eigenvalue weighted by Crippen LogP contribution is 2.38. The van der Waals surface area contributed by atoms with E-state index in [0.717, 1.165) is 12.8 Å². The van der Waals surface area contributed by atoms with Crippen LogP contribution in [0.3, 0.4) is 0 Å². The minimum absolute atomic E-state index is 0.178. The maximum atomic E-state index is 11.7. The number of nitrogens with zero attached hydrogens (tertiary/aromatic N) is 1. The van der Waals surface area contributed by atoms with Gasteiger partial charge in [0.05, 0.1) is 11.7 Å². The quantitative estimate of drug-likeness (QED) is 0.745. The summed E-state index contributed by atoms with van der Waals surface area (Å²) in [5.41, 5.74) is 5.69. The number of carbonyl (C=O) groups excluding carboxylic acids is 1. The van der Waals surface area contributed by atoms with Crippen LogP contribution in [0.2, 0.25) is 0 Å². The molecule has 0 aromatic carbocycles. The second-order valence-corrected chi connectivity index (χ2v) is 3.92. The Labute approximate surface area is 81.6 Å². The molecule has 1 heterocycles. The summed E-state index contributed by atoms with van der Waals surface area (Å²) in [4.78, 5) is 11.7. The average molecular weight is 195 g/mol. The molecule has 76 valence electrons. The van der Waals surface area contributed by atoms with Gasteiger partial charge in [0.1, 0.15) is 12.0 Å². The minimum atomic E-state index is -0.780. The van der Waals surface area contributed by atoms with E-state index in [1.807, 2.05) is 0 Å². The van der Waals surface area contributed by atoms with E-state index in [2.05, 4.69) is 15.0 Å². The molecule has 1 aliphatic rings. The average Bonchev–Trinajstić information content (AvgIpc) is 2.88. The normalized spacial score (nSPS) is 20.1. The van der Waals surface area contributed by atoms with Crippen LogP contribution in [-0.4, -0.2) is 16.6 Å². The molecule has 5 nitrogen and oxygen atoms in total. The largest absolute Gasteiger partial charge is 0.363 e. The molecule has 1 aromatic heterocycles. The topological polar surface area (TPSA) is 81.2 Å². The van der Waals surface area contributed by atoms with Crippen molar-refractivity contribution in [1.29, 1.82) is 0 Å². The molecule has 1 unspecified atom stereocenters. The third-order valence-electron chi connectivity index (χ3n) is 2.60. The molecule has 1 saturated carbocycles.